The molecular formula is C29H34F3N5O2S. The molecule has 2 amide bonds. The van der Waals surface area contributed by atoms with Gasteiger partial charge in [0.15, 0.2) is 0 Å². The zero-order chi connectivity index (χ0) is 28.7. The van der Waals surface area contributed by atoms with Crippen LogP contribution in [0, 0.1) is 11.8 Å². The van der Waals surface area contributed by atoms with Crippen molar-refractivity contribution in [1.82, 2.24) is 14.8 Å². The molecular weight excluding hydrogens is 539 g/mol. The maximum absolute atomic E-state index is 13.2. The van der Waals surface area contributed by atoms with Gasteiger partial charge in [-0.2, -0.15) is 13.2 Å². The summed E-state index contributed by atoms with van der Waals surface area (Å²) in [6.07, 6.45) is 0.674. The van der Waals surface area contributed by atoms with Gasteiger partial charge >= 0.3 is 12.2 Å². The molecule has 11 heteroatoms. The predicted molar refractivity (Wildman–Crippen MR) is 155 cm³/mol. The number of thioether (sulfide) groups is 1. The lowest BCUT2D eigenvalue weighted by Gasteiger charge is -2.31. The van der Waals surface area contributed by atoms with Gasteiger partial charge in [0.1, 0.15) is 12.3 Å². The van der Waals surface area contributed by atoms with Gasteiger partial charge in [-0.15, -0.1) is 11.8 Å². The van der Waals surface area contributed by atoms with E-state index >= 15 is 0 Å². The Labute approximate surface area is 236 Å². The number of hydrogen-bond acceptors (Lipinski definition) is 5. The number of aromatic nitrogens is 1. The van der Waals surface area contributed by atoms with Gasteiger partial charge in [0.2, 0.25) is 0 Å². The summed E-state index contributed by atoms with van der Waals surface area (Å²) in [4.78, 5) is 16.3. The van der Waals surface area contributed by atoms with Gasteiger partial charge in [-0.05, 0) is 62.0 Å². The van der Waals surface area contributed by atoms with Crippen molar-refractivity contribution in [3.05, 3.63) is 48.2 Å². The summed E-state index contributed by atoms with van der Waals surface area (Å²) in [6.45, 7) is 4.07. The first-order valence-corrected chi connectivity index (χ1v) is 14.4. The van der Waals surface area contributed by atoms with Crippen LogP contribution in [0.4, 0.5) is 29.3 Å². The third-order valence-electron chi connectivity index (χ3n) is 6.87. The molecule has 0 atom stereocenters. The van der Waals surface area contributed by atoms with Gasteiger partial charge in [0.05, 0.1) is 30.5 Å². The minimum Gasteiger partial charge on any atom is -0.495 e. The van der Waals surface area contributed by atoms with Gasteiger partial charge in [-0.3, -0.25) is 0 Å². The lowest BCUT2D eigenvalue weighted by atomic mass is 10.1. The lowest BCUT2D eigenvalue weighted by Crippen LogP contribution is -2.45. The summed E-state index contributed by atoms with van der Waals surface area (Å²) in [7, 11) is 1.60. The molecule has 0 bridgehead atoms. The van der Waals surface area contributed by atoms with Crippen LogP contribution in [0.2, 0.25) is 0 Å². The number of hydrogen-bond donors (Lipinski definition) is 3. The summed E-state index contributed by atoms with van der Waals surface area (Å²) in [6, 6.07) is 10.4. The van der Waals surface area contributed by atoms with Crippen molar-refractivity contribution in [3.63, 3.8) is 0 Å². The topological polar surface area (TPSA) is 70.6 Å². The van der Waals surface area contributed by atoms with E-state index in [-0.39, 0.29) is 18.6 Å². The lowest BCUT2D eigenvalue weighted by molar-refractivity contribution is -0.139. The van der Waals surface area contributed by atoms with Crippen LogP contribution in [0.3, 0.4) is 0 Å². The molecule has 1 aliphatic heterocycles. The Kier molecular flexibility index (Phi) is 9.76. The van der Waals surface area contributed by atoms with Gasteiger partial charge < -0.3 is 30.2 Å². The summed E-state index contributed by atoms with van der Waals surface area (Å²) in [5.74, 6) is 6.74. The maximum atomic E-state index is 13.2. The Morgan fingerprint density at radius 3 is 2.60 bits per heavy atom. The summed E-state index contributed by atoms with van der Waals surface area (Å²) >= 11 is 1.61. The Bertz CT molecular complexity index is 1390. The van der Waals surface area contributed by atoms with Gasteiger partial charge in [-0.1, -0.05) is 18.8 Å². The number of methoxy groups -OCH3 is 1. The molecule has 1 saturated heterocycles. The number of nitrogens with zero attached hydrogens (tertiary/aromatic N) is 2. The highest BCUT2D eigenvalue weighted by molar-refractivity contribution is 7.98. The third-order valence-corrected chi connectivity index (χ3v) is 7.59. The quantitative estimate of drug-likeness (QED) is 0.228. The average molecular weight is 574 g/mol. The Morgan fingerprint density at radius 2 is 1.93 bits per heavy atom. The molecule has 40 heavy (non-hydrogen) atoms. The smallest absolute Gasteiger partial charge is 0.406 e. The highest BCUT2D eigenvalue weighted by Gasteiger charge is 2.28. The number of rotatable bonds is 8. The van der Waals surface area contributed by atoms with Crippen LogP contribution in [-0.4, -0.2) is 67.3 Å². The molecule has 0 saturated carbocycles. The van der Waals surface area contributed by atoms with E-state index in [1.54, 1.807) is 37.1 Å². The van der Waals surface area contributed by atoms with E-state index in [0.717, 1.165) is 47.6 Å². The van der Waals surface area contributed by atoms with Crippen molar-refractivity contribution in [1.29, 1.82) is 0 Å². The highest BCUT2D eigenvalue weighted by atomic mass is 32.2. The van der Waals surface area contributed by atoms with E-state index in [9.17, 15) is 18.0 Å². The molecule has 0 unspecified atom stereocenters. The third kappa shape index (κ3) is 7.79. The number of alkyl halides is 3. The van der Waals surface area contributed by atoms with Crippen molar-refractivity contribution >= 4 is 40.1 Å². The number of carbonyl (C=O) groups is 1. The molecule has 4 rings (SSSR count). The maximum Gasteiger partial charge on any atom is 0.406 e. The molecule has 0 spiro atoms. The molecule has 1 aliphatic rings. The van der Waals surface area contributed by atoms with Gasteiger partial charge in [-0.25, -0.2) is 4.79 Å². The molecule has 0 aliphatic carbocycles. The standard InChI is InChI=1S/C29H34F3N5O2S/c1-4-36-13-9-21(10-14-36)34-28(38)35-25-16-20(17-26-23(25)11-15-37(26)19-29(30,31)32)6-5-12-33-24-8-7-22(40-3)18-27(24)39-2/h7-8,11,15-18,21,33H,4,9-10,12-14,19H2,1-3H3,(H2,34,35,38). The van der Waals surface area contributed by atoms with Crippen molar-refractivity contribution in [2.45, 2.75) is 43.4 Å². The monoisotopic (exact) mass is 573 g/mol. The molecule has 7 nitrogen and oxygen atoms in total. The fourth-order valence-electron chi connectivity index (χ4n) is 4.77. The molecule has 1 fully saturated rings. The average Bonchev–Trinajstić information content (AvgIpc) is 3.32. The molecule has 1 aromatic heterocycles. The van der Waals surface area contributed by atoms with E-state index in [0.29, 0.717) is 27.9 Å². The largest absolute Gasteiger partial charge is 0.495 e. The summed E-state index contributed by atoms with van der Waals surface area (Å²) in [5, 5.41) is 9.59. The van der Waals surface area contributed by atoms with Crippen molar-refractivity contribution in [2.24, 2.45) is 0 Å². The summed E-state index contributed by atoms with van der Waals surface area (Å²) in [5.41, 5.74) is 2.03. The summed E-state index contributed by atoms with van der Waals surface area (Å²) < 4.78 is 46.3. The molecule has 2 aromatic carbocycles. The second-order valence-corrected chi connectivity index (χ2v) is 10.4. The molecule has 2 heterocycles. The number of fused-ring (bicyclic) bond motifs is 1. The first kappa shape index (κ1) is 29.5. The van der Waals surface area contributed by atoms with Crippen LogP contribution in [-0.2, 0) is 6.54 Å². The fourth-order valence-corrected chi connectivity index (χ4v) is 5.20. The Balaban J connectivity index is 1.53. The predicted octanol–water partition coefficient (Wildman–Crippen LogP) is 6.00. The van der Waals surface area contributed by atoms with E-state index < -0.39 is 12.7 Å². The number of urea groups is 1. The van der Waals surface area contributed by atoms with E-state index in [1.165, 1.54) is 6.20 Å². The number of likely N-dealkylation sites (tertiary alicyclic amines) is 1. The van der Waals surface area contributed by atoms with E-state index in [4.69, 9.17) is 4.74 Å². The van der Waals surface area contributed by atoms with Gasteiger partial charge in [0, 0.05) is 41.2 Å². The fraction of sp³-hybridized carbons (Fsp3) is 0.414. The second kappa shape index (κ2) is 13.2. The molecule has 0 radical (unpaired) electrons. The minimum absolute atomic E-state index is 0.0455. The van der Waals surface area contributed by atoms with Crippen molar-refractivity contribution in [2.75, 3.05) is 50.2 Å². The van der Waals surface area contributed by atoms with Gasteiger partial charge in [0.25, 0.3) is 0 Å². The minimum atomic E-state index is -4.39. The zero-order valence-electron chi connectivity index (χ0n) is 22.8. The van der Waals surface area contributed by atoms with Crippen LogP contribution in [0.5, 0.6) is 5.75 Å². The first-order chi connectivity index (χ1) is 19.2. The number of anilines is 2. The number of ether oxygens (including phenoxy) is 1. The second-order valence-electron chi connectivity index (χ2n) is 9.54. The molecule has 3 N–H and O–H groups in total. The zero-order valence-corrected chi connectivity index (χ0v) is 23.6. The highest BCUT2D eigenvalue weighted by Crippen LogP contribution is 2.30. The SMILES string of the molecule is CCN1CCC(NC(=O)Nc2cc(C#CCNc3ccc(SC)cc3OC)cc3c2ccn3CC(F)(F)F)CC1. The Morgan fingerprint density at radius 1 is 1.15 bits per heavy atom. The first-order valence-electron chi connectivity index (χ1n) is 13.1. The van der Waals surface area contributed by atoms with Crippen LogP contribution in [0.15, 0.2) is 47.5 Å². The number of amides is 2. The normalized spacial score (nSPS) is 14.4. The Hall–Kier alpha value is -3.49. The van der Waals surface area contributed by atoms with E-state index in [2.05, 4.69) is 39.6 Å². The van der Waals surface area contributed by atoms with Crippen LogP contribution in [0.25, 0.3) is 10.9 Å². The molecule has 214 valence electrons. The van der Waals surface area contributed by atoms with Crippen molar-refractivity contribution < 1.29 is 22.7 Å². The van der Waals surface area contributed by atoms with Crippen LogP contribution in [0.1, 0.15) is 25.3 Å². The van der Waals surface area contributed by atoms with Crippen LogP contribution >= 0.6 is 11.8 Å². The number of benzene rings is 2. The number of halogens is 3. The van der Waals surface area contributed by atoms with E-state index in [1.807, 2.05) is 24.5 Å². The number of nitrogens with one attached hydrogen (secondary N) is 3. The number of carbonyl (C=O) groups excluding carboxylic acids is 1. The van der Waals surface area contributed by atoms with Crippen molar-refractivity contribution in [3.8, 4) is 17.6 Å². The number of piperidine rings is 1. The van der Waals surface area contributed by atoms with Crippen LogP contribution < -0.4 is 20.7 Å². The molecule has 3 aromatic rings.